The molecule has 41 heavy (non-hydrogen) atoms. The van der Waals surface area contributed by atoms with Crippen molar-refractivity contribution in [3.63, 3.8) is 0 Å². The lowest BCUT2D eigenvalue weighted by Crippen LogP contribution is -2.34. The van der Waals surface area contributed by atoms with E-state index in [1.165, 1.54) is 18.0 Å². The molecule has 216 valence electrons. The zero-order chi connectivity index (χ0) is 29.4. The zero-order valence-electron chi connectivity index (χ0n) is 23.5. The van der Waals surface area contributed by atoms with Gasteiger partial charge in [0.05, 0.1) is 11.9 Å². The SMILES string of the molecule is CCN(CC)c1ncc(N(C(C)=O)c2ccncc2)c(N[C@@H](Cc2ccc(OC(=O)N3CCCC3)cc2)C(=O)O)n1. The van der Waals surface area contributed by atoms with E-state index >= 15 is 0 Å². The van der Waals surface area contributed by atoms with Crippen LogP contribution in [0.1, 0.15) is 39.2 Å². The molecule has 1 fully saturated rings. The predicted molar refractivity (Wildman–Crippen MR) is 155 cm³/mol. The molecule has 0 unspecified atom stereocenters. The summed E-state index contributed by atoms with van der Waals surface area (Å²) in [6, 6.07) is 9.02. The number of rotatable bonds is 11. The van der Waals surface area contributed by atoms with Gasteiger partial charge in [0.2, 0.25) is 11.9 Å². The van der Waals surface area contributed by atoms with Crippen LogP contribution in [0.2, 0.25) is 0 Å². The lowest BCUT2D eigenvalue weighted by Gasteiger charge is -2.27. The Labute approximate surface area is 239 Å². The third-order valence-corrected chi connectivity index (χ3v) is 6.82. The number of pyridine rings is 1. The van der Waals surface area contributed by atoms with E-state index in [9.17, 15) is 19.5 Å². The first-order chi connectivity index (χ1) is 19.8. The van der Waals surface area contributed by atoms with Gasteiger partial charge in [0.15, 0.2) is 5.82 Å². The van der Waals surface area contributed by atoms with Crippen LogP contribution in [0.15, 0.2) is 55.0 Å². The van der Waals surface area contributed by atoms with E-state index in [1.807, 2.05) is 18.7 Å². The molecular formula is C29H35N7O5. The van der Waals surface area contributed by atoms with Gasteiger partial charge >= 0.3 is 12.1 Å². The monoisotopic (exact) mass is 561 g/mol. The van der Waals surface area contributed by atoms with Crippen LogP contribution in [0, 0.1) is 0 Å². The summed E-state index contributed by atoms with van der Waals surface area (Å²) in [5.74, 6) is -0.390. The lowest BCUT2D eigenvalue weighted by molar-refractivity contribution is -0.137. The van der Waals surface area contributed by atoms with Crippen molar-refractivity contribution in [2.24, 2.45) is 0 Å². The van der Waals surface area contributed by atoms with Crippen LogP contribution in [0.5, 0.6) is 5.75 Å². The van der Waals surface area contributed by atoms with Crippen molar-refractivity contribution >= 4 is 41.1 Å². The van der Waals surface area contributed by atoms with Gasteiger partial charge in [-0.3, -0.25) is 14.7 Å². The fourth-order valence-electron chi connectivity index (χ4n) is 4.64. The normalized spacial score (nSPS) is 13.4. The Morgan fingerprint density at radius 3 is 2.29 bits per heavy atom. The molecule has 12 nitrogen and oxygen atoms in total. The third-order valence-electron chi connectivity index (χ3n) is 6.82. The van der Waals surface area contributed by atoms with Gasteiger partial charge < -0.3 is 25.0 Å². The van der Waals surface area contributed by atoms with Crippen molar-refractivity contribution in [2.75, 3.05) is 41.3 Å². The van der Waals surface area contributed by atoms with Gasteiger partial charge in [-0.25, -0.2) is 14.6 Å². The molecule has 2 amide bonds. The Morgan fingerprint density at radius 2 is 1.71 bits per heavy atom. The molecule has 2 aromatic heterocycles. The van der Waals surface area contributed by atoms with Crippen LogP contribution in [-0.4, -0.2) is 75.1 Å². The second kappa shape index (κ2) is 13.6. The van der Waals surface area contributed by atoms with Crippen molar-refractivity contribution in [3.05, 3.63) is 60.6 Å². The van der Waals surface area contributed by atoms with Gasteiger partial charge in [-0.05, 0) is 56.5 Å². The quantitative estimate of drug-likeness (QED) is 0.351. The molecule has 0 aliphatic carbocycles. The largest absolute Gasteiger partial charge is 0.480 e. The number of aromatic nitrogens is 3. The maximum atomic E-state index is 12.8. The maximum absolute atomic E-state index is 12.8. The number of carbonyl (C=O) groups is 3. The molecule has 2 N–H and O–H groups in total. The minimum absolute atomic E-state index is 0.106. The molecule has 1 saturated heterocycles. The maximum Gasteiger partial charge on any atom is 0.415 e. The van der Waals surface area contributed by atoms with Crippen LogP contribution < -0.4 is 19.9 Å². The molecule has 0 radical (unpaired) electrons. The smallest absolute Gasteiger partial charge is 0.415 e. The standard InChI is InChI=1S/C29H35N7O5/c1-4-34(5-2)28-31-19-25(36(20(3)37)22-12-14-30-15-13-22)26(33-28)32-24(27(38)39)18-21-8-10-23(11-9-21)41-29(40)35-16-6-7-17-35/h8-15,19,24H,4-7,16-18H2,1-3H3,(H,38,39)(H,31,32,33)/t24-/m0/s1. The molecule has 0 saturated carbocycles. The first-order valence-electron chi connectivity index (χ1n) is 13.7. The fourth-order valence-corrected chi connectivity index (χ4v) is 4.64. The number of nitrogens with one attached hydrogen (secondary N) is 1. The average molecular weight is 562 g/mol. The van der Waals surface area contributed by atoms with E-state index in [4.69, 9.17) is 4.74 Å². The van der Waals surface area contributed by atoms with Gasteiger partial charge in [-0.15, -0.1) is 0 Å². The molecular weight excluding hydrogens is 526 g/mol. The Balaban J connectivity index is 1.60. The van der Waals surface area contributed by atoms with Crippen molar-refractivity contribution in [3.8, 4) is 5.75 Å². The average Bonchev–Trinajstić information content (AvgIpc) is 3.51. The minimum atomic E-state index is -1.10. The highest BCUT2D eigenvalue weighted by Crippen LogP contribution is 2.32. The molecule has 1 atom stereocenters. The number of carboxylic acid groups (broad SMARTS) is 1. The molecule has 12 heteroatoms. The van der Waals surface area contributed by atoms with Crippen LogP contribution in [-0.2, 0) is 16.0 Å². The highest BCUT2D eigenvalue weighted by atomic mass is 16.6. The first-order valence-corrected chi connectivity index (χ1v) is 13.7. The number of amides is 2. The molecule has 3 aromatic rings. The number of carboxylic acids is 1. The highest BCUT2D eigenvalue weighted by molar-refractivity contribution is 6.01. The molecule has 0 spiro atoms. The molecule has 1 aromatic carbocycles. The molecule has 1 aliphatic heterocycles. The Hall–Kier alpha value is -4.74. The number of anilines is 4. The van der Waals surface area contributed by atoms with Crippen molar-refractivity contribution in [1.29, 1.82) is 0 Å². The first kappa shape index (κ1) is 29.2. The summed E-state index contributed by atoms with van der Waals surface area (Å²) < 4.78 is 5.46. The zero-order valence-corrected chi connectivity index (χ0v) is 23.5. The van der Waals surface area contributed by atoms with E-state index in [1.54, 1.807) is 53.7 Å². The summed E-state index contributed by atoms with van der Waals surface area (Å²) in [6.07, 6.45) is 6.31. The molecule has 1 aliphatic rings. The topological polar surface area (TPSA) is 141 Å². The Bertz CT molecular complexity index is 1340. The van der Waals surface area contributed by atoms with Crippen molar-refractivity contribution < 1.29 is 24.2 Å². The second-order valence-corrected chi connectivity index (χ2v) is 9.58. The minimum Gasteiger partial charge on any atom is -0.480 e. The summed E-state index contributed by atoms with van der Waals surface area (Å²) in [4.78, 5) is 55.7. The molecule has 3 heterocycles. The summed E-state index contributed by atoms with van der Waals surface area (Å²) in [7, 11) is 0. The number of aliphatic carboxylic acids is 1. The van der Waals surface area contributed by atoms with E-state index in [-0.39, 0.29) is 24.2 Å². The van der Waals surface area contributed by atoms with E-state index < -0.39 is 12.0 Å². The van der Waals surface area contributed by atoms with Gasteiger partial charge in [0.1, 0.15) is 17.5 Å². The third kappa shape index (κ3) is 7.27. The van der Waals surface area contributed by atoms with Crippen LogP contribution in [0.3, 0.4) is 0 Å². The Kier molecular flexibility index (Phi) is 9.67. The summed E-state index contributed by atoms with van der Waals surface area (Å²) in [5, 5.41) is 13.2. The van der Waals surface area contributed by atoms with Crippen molar-refractivity contribution in [2.45, 2.75) is 46.1 Å². The fraction of sp³-hybridized carbons (Fsp3) is 0.379. The Morgan fingerprint density at radius 1 is 1.05 bits per heavy atom. The van der Waals surface area contributed by atoms with Crippen LogP contribution in [0.4, 0.5) is 27.9 Å². The van der Waals surface area contributed by atoms with E-state index in [0.717, 1.165) is 12.8 Å². The number of hydrogen-bond donors (Lipinski definition) is 2. The van der Waals surface area contributed by atoms with Crippen LogP contribution >= 0.6 is 0 Å². The molecule has 4 rings (SSSR count). The second-order valence-electron chi connectivity index (χ2n) is 9.58. The number of nitrogens with zero attached hydrogens (tertiary/aromatic N) is 6. The predicted octanol–water partition coefficient (Wildman–Crippen LogP) is 4.10. The summed E-state index contributed by atoms with van der Waals surface area (Å²) in [5.41, 5.74) is 1.57. The van der Waals surface area contributed by atoms with Gasteiger partial charge in [-0.2, -0.15) is 4.98 Å². The number of hydrogen-bond acceptors (Lipinski definition) is 9. The van der Waals surface area contributed by atoms with Gasteiger partial charge in [-0.1, -0.05) is 12.1 Å². The van der Waals surface area contributed by atoms with Crippen molar-refractivity contribution in [1.82, 2.24) is 19.9 Å². The number of carbonyl (C=O) groups excluding carboxylic acids is 2. The van der Waals surface area contributed by atoms with Gasteiger partial charge in [0, 0.05) is 51.9 Å². The highest BCUT2D eigenvalue weighted by Gasteiger charge is 2.26. The lowest BCUT2D eigenvalue weighted by atomic mass is 10.1. The van der Waals surface area contributed by atoms with Crippen LogP contribution in [0.25, 0.3) is 0 Å². The summed E-state index contributed by atoms with van der Waals surface area (Å²) >= 11 is 0. The van der Waals surface area contributed by atoms with Gasteiger partial charge in [0.25, 0.3) is 0 Å². The van der Waals surface area contributed by atoms with E-state index in [0.29, 0.717) is 54.8 Å². The number of benzene rings is 1. The van der Waals surface area contributed by atoms with E-state index in [2.05, 4.69) is 20.3 Å². The number of ether oxygens (including phenoxy) is 1. The summed E-state index contributed by atoms with van der Waals surface area (Å²) in [6.45, 7) is 8.02. The molecule has 0 bridgehead atoms. The number of likely N-dealkylation sites (tertiary alicyclic amines) is 1.